The van der Waals surface area contributed by atoms with Crippen molar-refractivity contribution in [2.45, 2.75) is 20.3 Å². The van der Waals surface area contributed by atoms with Crippen molar-refractivity contribution in [3.8, 4) is 6.07 Å². The molecule has 0 atom stereocenters. The Hall–Kier alpha value is -2.27. The molecule has 0 heterocycles. The van der Waals surface area contributed by atoms with Crippen molar-refractivity contribution in [2.75, 3.05) is 11.9 Å². The Labute approximate surface area is 114 Å². The van der Waals surface area contributed by atoms with E-state index in [0.29, 0.717) is 5.56 Å². The quantitative estimate of drug-likeness (QED) is 0.895. The van der Waals surface area contributed by atoms with Crippen LogP contribution in [0.2, 0.25) is 0 Å². The van der Waals surface area contributed by atoms with Crippen LogP contribution in [0.25, 0.3) is 0 Å². The molecule has 0 fully saturated rings. The van der Waals surface area contributed by atoms with E-state index in [9.17, 15) is 0 Å². The lowest BCUT2D eigenvalue weighted by atomic mass is 10.1. The SMILES string of the molecule is Cc1cccc(CCNc2c(C)cccc2C#N)c1. The third-order valence-electron chi connectivity index (χ3n) is 3.19. The molecule has 0 amide bonds. The molecule has 2 rings (SSSR count). The van der Waals surface area contributed by atoms with Crippen molar-refractivity contribution in [2.24, 2.45) is 0 Å². The van der Waals surface area contributed by atoms with E-state index < -0.39 is 0 Å². The molecule has 19 heavy (non-hydrogen) atoms. The molecule has 0 radical (unpaired) electrons. The molecule has 0 aliphatic rings. The smallest absolute Gasteiger partial charge is 0.101 e. The first-order valence-corrected chi connectivity index (χ1v) is 6.50. The maximum atomic E-state index is 9.11. The van der Waals surface area contributed by atoms with Crippen molar-refractivity contribution in [3.05, 3.63) is 64.7 Å². The average molecular weight is 250 g/mol. The Morgan fingerprint density at radius 3 is 2.63 bits per heavy atom. The van der Waals surface area contributed by atoms with E-state index in [4.69, 9.17) is 5.26 Å². The summed E-state index contributed by atoms with van der Waals surface area (Å²) in [6.07, 6.45) is 0.959. The van der Waals surface area contributed by atoms with Gasteiger partial charge >= 0.3 is 0 Å². The van der Waals surface area contributed by atoms with Gasteiger partial charge in [-0.15, -0.1) is 0 Å². The van der Waals surface area contributed by atoms with Crippen molar-refractivity contribution in [1.82, 2.24) is 0 Å². The molecule has 0 bridgehead atoms. The average Bonchev–Trinajstić information content (AvgIpc) is 2.40. The van der Waals surface area contributed by atoms with Gasteiger partial charge < -0.3 is 5.32 Å². The zero-order valence-corrected chi connectivity index (χ0v) is 11.4. The molecule has 96 valence electrons. The summed E-state index contributed by atoms with van der Waals surface area (Å²) in [5.41, 5.74) is 5.39. The molecule has 0 aliphatic heterocycles. The standard InChI is InChI=1S/C17H18N2/c1-13-5-3-7-15(11-13)9-10-19-17-14(2)6-4-8-16(17)12-18/h3-8,11,19H,9-10H2,1-2H3. The van der Waals surface area contributed by atoms with E-state index in [2.05, 4.69) is 42.6 Å². The van der Waals surface area contributed by atoms with E-state index >= 15 is 0 Å². The van der Waals surface area contributed by atoms with Gasteiger partial charge in [0.25, 0.3) is 0 Å². The van der Waals surface area contributed by atoms with E-state index in [0.717, 1.165) is 24.2 Å². The number of nitriles is 1. The van der Waals surface area contributed by atoms with Crippen LogP contribution in [0.15, 0.2) is 42.5 Å². The first-order valence-electron chi connectivity index (χ1n) is 6.50. The normalized spacial score (nSPS) is 9.95. The number of para-hydroxylation sites is 1. The second kappa shape index (κ2) is 6.06. The van der Waals surface area contributed by atoms with Crippen LogP contribution in [0.5, 0.6) is 0 Å². The maximum absolute atomic E-state index is 9.11. The van der Waals surface area contributed by atoms with Gasteiger partial charge in [-0.3, -0.25) is 0 Å². The van der Waals surface area contributed by atoms with Crippen LogP contribution in [-0.4, -0.2) is 6.54 Å². The first-order chi connectivity index (χ1) is 9.20. The van der Waals surface area contributed by atoms with Gasteiger partial charge in [0.05, 0.1) is 11.3 Å². The van der Waals surface area contributed by atoms with Crippen LogP contribution in [0.3, 0.4) is 0 Å². The Balaban J connectivity index is 2.02. The fourth-order valence-electron chi connectivity index (χ4n) is 2.20. The highest BCUT2D eigenvalue weighted by Gasteiger charge is 2.04. The topological polar surface area (TPSA) is 35.8 Å². The number of hydrogen-bond donors (Lipinski definition) is 1. The highest BCUT2D eigenvalue weighted by atomic mass is 14.9. The number of hydrogen-bond acceptors (Lipinski definition) is 2. The lowest BCUT2D eigenvalue weighted by Crippen LogP contribution is -2.07. The molecular weight excluding hydrogens is 232 g/mol. The molecule has 2 heteroatoms. The Morgan fingerprint density at radius 1 is 1.11 bits per heavy atom. The van der Waals surface area contributed by atoms with Crippen molar-refractivity contribution in [1.29, 1.82) is 5.26 Å². The monoisotopic (exact) mass is 250 g/mol. The highest BCUT2D eigenvalue weighted by Crippen LogP contribution is 2.19. The second-order valence-electron chi connectivity index (χ2n) is 4.78. The lowest BCUT2D eigenvalue weighted by Gasteiger charge is -2.11. The van der Waals surface area contributed by atoms with Crippen LogP contribution >= 0.6 is 0 Å². The summed E-state index contributed by atoms with van der Waals surface area (Å²) in [6.45, 7) is 4.96. The molecule has 0 saturated carbocycles. The number of nitrogens with one attached hydrogen (secondary N) is 1. The summed E-state index contributed by atoms with van der Waals surface area (Å²) >= 11 is 0. The van der Waals surface area contributed by atoms with Crippen LogP contribution < -0.4 is 5.32 Å². The van der Waals surface area contributed by atoms with Gasteiger partial charge in [-0.2, -0.15) is 5.26 Å². The zero-order chi connectivity index (χ0) is 13.7. The third kappa shape index (κ3) is 3.35. The summed E-state index contributed by atoms with van der Waals surface area (Å²) in [6, 6.07) is 16.5. The minimum atomic E-state index is 0.712. The van der Waals surface area contributed by atoms with Gasteiger partial charge in [0.1, 0.15) is 6.07 Å². The third-order valence-corrected chi connectivity index (χ3v) is 3.19. The van der Waals surface area contributed by atoms with Crippen molar-refractivity contribution < 1.29 is 0 Å². The summed E-state index contributed by atoms with van der Waals surface area (Å²) in [5, 5.41) is 12.5. The predicted octanol–water partition coefficient (Wildman–Crippen LogP) is 3.83. The number of anilines is 1. The number of aryl methyl sites for hydroxylation is 2. The van der Waals surface area contributed by atoms with Crippen LogP contribution in [0, 0.1) is 25.2 Å². The van der Waals surface area contributed by atoms with Gasteiger partial charge in [0, 0.05) is 6.54 Å². The zero-order valence-electron chi connectivity index (χ0n) is 11.4. The van der Waals surface area contributed by atoms with Gasteiger partial charge in [-0.25, -0.2) is 0 Å². The van der Waals surface area contributed by atoms with Crippen molar-refractivity contribution >= 4 is 5.69 Å². The van der Waals surface area contributed by atoms with Gasteiger partial charge in [0.15, 0.2) is 0 Å². The molecule has 0 saturated heterocycles. The second-order valence-corrected chi connectivity index (χ2v) is 4.78. The van der Waals surface area contributed by atoms with Crippen LogP contribution in [0.4, 0.5) is 5.69 Å². The Bertz CT molecular complexity index is 609. The maximum Gasteiger partial charge on any atom is 0.101 e. The molecule has 2 nitrogen and oxygen atoms in total. The molecule has 2 aromatic carbocycles. The minimum Gasteiger partial charge on any atom is -0.383 e. The summed E-state index contributed by atoms with van der Waals surface area (Å²) in [4.78, 5) is 0. The molecule has 2 aromatic rings. The lowest BCUT2D eigenvalue weighted by molar-refractivity contribution is 1.01. The summed E-state index contributed by atoms with van der Waals surface area (Å²) < 4.78 is 0. The molecule has 0 aromatic heterocycles. The number of rotatable bonds is 4. The Morgan fingerprint density at radius 2 is 1.89 bits per heavy atom. The summed E-state index contributed by atoms with van der Waals surface area (Å²) in [7, 11) is 0. The Kier molecular flexibility index (Phi) is 4.20. The van der Waals surface area contributed by atoms with E-state index in [1.54, 1.807) is 0 Å². The van der Waals surface area contributed by atoms with E-state index in [1.165, 1.54) is 11.1 Å². The number of benzene rings is 2. The minimum absolute atomic E-state index is 0.712. The van der Waals surface area contributed by atoms with Gasteiger partial charge in [-0.1, -0.05) is 42.0 Å². The van der Waals surface area contributed by atoms with Gasteiger partial charge in [-0.05, 0) is 37.5 Å². The predicted molar refractivity (Wildman–Crippen MR) is 79.3 cm³/mol. The van der Waals surface area contributed by atoms with Crippen LogP contribution in [0.1, 0.15) is 22.3 Å². The fourth-order valence-corrected chi connectivity index (χ4v) is 2.20. The summed E-state index contributed by atoms with van der Waals surface area (Å²) in [5.74, 6) is 0. The molecule has 0 unspecified atom stereocenters. The molecule has 1 N–H and O–H groups in total. The highest BCUT2D eigenvalue weighted by molar-refractivity contribution is 5.62. The molecule has 0 spiro atoms. The number of nitrogens with zero attached hydrogens (tertiary/aromatic N) is 1. The van der Waals surface area contributed by atoms with E-state index in [1.807, 2.05) is 25.1 Å². The van der Waals surface area contributed by atoms with Crippen molar-refractivity contribution in [3.63, 3.8) is 0 Å². The first kappa shape index (κ1) is 13.2. The largest absolute Gasteiger partial charge is 0.383 e. The molecular formula is C17H18N2. The van der Waals surface area contributed by atoms with Crippen LogP contribution in [-0.2, 0) is 6.42 Å². The van der Waals surface area contributed by atoms with E-state index in [-0.39, 0.29) is 0 Å². The fraction of sp³-hybridized carbons (Fsp3) is 0.235. The van der Waals surface area contributed by atoms with Gasteiger partial charge in [0.2, 0.25) is 0 Å². The molecule has 0 aliphatic carbocycles.